The summed E-state index contributed by atoms with van der Waals surface area (Å²) in [7, 11) is 0. The summed E-state index contributed by atoms with van der Waals surface area (Å²) in [5, 5.41) is 8.65. The van der Waals surface area contributed by atoms with Gasteiger partial charge in [0.1, 0.15) is 5.82 Å². The van der Waals surface area contributed by atoms with Crippen molar-refractivity contribution < 1.29 is 9.50 Å². The zero-order chi connectivity index (χ0) is 13.8. The topological polar surface area (TPSA) is 20.2 Å². The minimum absolute atomic E-state index is 0.148. The van der Waals surface area contributed by atoms with Gasteiger partial charge in [-0.25, -0.2) is 4.39 Å². The normalized spacial score (nSPS) is 10.8. The van der Waals surface area contributed by atoms with Gasteiger partial charge in [0.15, 0.2) is 0 Å². The van der Waals surface area contributed by atoms with Crippen molar-refractivity contribution in [1.29, 1.82) is 0 Å². The first kappa shape index (κ1) is 16.2. The first-order valence-corrected chi connectivity index (χ1v) is 7.68. The number of rotatable bonds is 11. The average molecular weight is 266 g/mol. The molecule has 0 aliphatic carbocycles. The number of halogens is 1. The van der Waals surface area contributed by atoms with Gasteiger partial charge in [-0.3, -0.25) is 0 Å². The van der Waals surface area contributed by atoms with Crippen molar-refractivity contribution in [3.63, 3.8) is 0 Å². The lowest BCUT2D eigenvalue weighted by Crippen LogP contribution is -1.87. The molecular weight excluding hydrogens is 239 g/mol. The van der Waals surface area contributed by atoms with Gasteiger partial charge in [0.25, 0.3) is 0 Å². The highest BCUT2D eigenvalue weighted by Crippen LogP contribution is 2.12. The lowest BCUT2D eigenvalue weighted by Gasteiger charge is -2.03. The van der Waals surface area contributed by atoms with E-state index in [4.69, 9.17) is 5.11 Å². The second-order valence-corrected chi connectivity index (χ2v) is 5.28. The summed E-state index contributed by atoms with van der Waals surface area (Å²) in [6.07, 6.45) is 12.2. The van der Waals surface area contributed by atoms with Crippen molar-refractivity contribution in [2.45, 2.75) is 64.2 Å². The van der Waals surface area contributed by atoms with Crippen LogP contribution in [0, 0.1) is 5.82 Å². The van der Waals surface area contributed by atoms with E-state index in [-0.39, 0.29) is 5.82 Å². The molecule has 108 valence electrons. The van der Waals surface area contributed by atoms with Crippen LogP contribution in [0.4, 0.5) is 4.39 Å². The Bertz CT molecular complexity index is 308. The molecule has 0 aliphatic heterocycles. The number of aliphatic hydroxyl groups is 1. The minimum Gasteiger partial charge on any atom is -0.396 e. The highest BCUT2D eigenvalue weighted by molar-refractivity contribution is 5.15. The largest absolute Gasteiger partial charge is 0.396 e. The fraction of sp³-hybridized carbons (Fsp3) is 0.647. The average Bonchev–Trinajstić information content (AvgIpc) is 2.43. The van der Waals surface area contributed by atoms with Crippen LogP contribution < -0.4 is 0 Å². The second-order valence-electron chi connectivity index (χ2n) is 5.28. The highest BCUT2D eigenvalue weighted by Gasteiger charge is 1.95. The maximum atomic E-state index is 12.7. The van der Waals surface area contributed by atoms with Crippen molar-refractivity contribution in [1.82, 2.24) is 0 Å². The molecule has 1 aromatic carbocycles. The fourth-order valence-electron chi connectivity index (χ4n) is 2.33. The third-order valence-corrected chi connectivity index (χ3v) is 3.54. The molecule has 1 rings (SSSR count). The monoisotopic (exact) mass is 266 g/mol. The van der Waals surface area contributed by atoms with Crippen LogP contribution in [0.5, 0.6) is 0 Å². The van der Waals surface area contributed by atoms with Gasteiger partial charge in [-0.15, -0.1) is 0 Å². The quantitative estimate of drug-likeness (QED) is 0.566. The Balaban J connectivity index is 1.87. The SMILES string of the molecule is OCCCCCCCCCCCc1ccc(F)cc1. The number of benzene rings is 1. The summed E-state index contributed by atoms with van der Waals surface area (Å²) < 4.78 is 12.7. The zero-order valence-electron chi connectivity index (χ0n) is 11.9. The molecule has 0 heterocycles. The van der Waals surface area contributed by atoms with Crippen LogP contribution in [-0.2, 0) is 6.42 Å². The van der Waals surface area contributed by atoms with E-state index in [9.17, 15) is 4.39 Å². The molecule has 0 spiro atoms. The molecule has 0 saturated carbocycles. The Hall–Kier alpha value is -0.890. The molecule has 2 heteroatoms. The Morgan fingerprint density at radius 3 is 1.68 bits per heavy atom. The number of hydrogen-bond acceptors (Lipinski definition) is 1. The van der Waals surface area contributed by atoms with Crippen molar-refractivity contribution in [2.24, 2.45) is 0 Å². The van der Waals surface area contributed by atoms with Crippen LogP contribution >= 0.6 is 0 Å². The fourth-order valence-corrected chi connectivity index (χ4v) is 2.33. The molecule has 0 saturated heterocycles. The minimum atomic E-state index is -0.148. The molecular formula is C17H27FO. The van der Waals surface area contributed by atoms with E-state index in [1.807, 2.05) is 12.1 Å². The number of aliphatic hydroxyl groups excluding tert-OH is 1. The van der Waals surface area contributed by atoms with Crippen LogP contribution in [0.25, 0.3) is 0 Å². The van der Waals surface area contributed by atoms with E-state index in [1.54, 1.807) is 12.1 Å². The first-order valence-electron chi connectivity index (χ1n) is 7.68. The van der Waals surface area contributed by atoms with E-state index in [0.717, 1.165) is 12.8 Å². The summed E-state index contributed by atoms with van der Waals surface area (Å²) in [6.45, 7) is 0.337. The predicted octanol–water partition coefficient (Wildman–Crippen LogP) is 4.87. The van der Waals surface area contributed by atoms with Crippen LogP contribution in [0.2, 0.25) is 0 Å². The highest BCUT2D eigenvalue weighted by atomic mass is 19.1. The molecule has 0 radical (unpaired) electrons. The Morgan fingerprint density at radius 1 is 0.684 bits per heavy atom. The maximum Gasteiger partial charge on any atom is 0.123 e. The molecule has 1 N–H and O–H groups in total. The summed E-state index contributed by atoms with van der Waals surface area (Å²) in [5.74, 6) is -0.148. The van der Waals surface area contributed by atoms with Gasteiger partial charge in [0, 0.05) is 6.61 Å². The van der Waals surface area contributed by atoms with Crippen LogP contribution in [0.15, 0.2) is 24.3 Å². The van der Waals surface area contributed by atoms with Gasteiger partial charge in [-0.2, -0.15) is 0 Å². The first-order chi connectivity index (χ1) is 9.33. The predicted molar refractivity (Wildman–Crippen MR) is 78.7 cm³/mol. The van der Waals surface area contributed by atoms with Crippen LogP contribution in [0.3, 0.4) is 0 Å². The van der Waals surface area contributed by atoms with Crippen molar-refractivity contribution in [3.8, 4) is 0 Å². The van der Waals surface area contributed by atoms with Gasteiger partial charge in [0.05, 0.1) is 0 Å². The second kappa shape index (κ2) is 11.0. The van der Waals surface area contributed by atoms with Crippen LogP contribution in [-0.4, -0.2) is 11.7 Å². The maximum absolute atomic E-state index is 12.7. The molecule has 0 bridgehead atoms. The van der Waals surface area contributed by atoms with Crippen LogP contribution in [0.1, 0.15) is 63.4 Å². The van der Waals surface area contributed by atoms with Crippen molar-refractivity contribution in [2.75, 3.05) is 6.61 Å². The summed E-state index contributed by atoms with van der Waals surface area (Å²) in [5.41, 5.74) is 1.24. The van der Waals surface area contributed by atoms with Gasteiger partial charge in [-0.05, 0) is 37.0 Å². The van der Waals surface area contributed by atoms with Gasteiger partial charge < -0.3 is 5.11 Å². The number of hydrogen-bond donors (Lipinski definition) is 1. The number of aryl methyl sites for hydroxylation is 1. The molecule has 0 amide bonds. The zero-order valence-corrected chi connectivity index (χ0v) is 11.9. The van der Waals surface area contributed by atoms with Gasteiger partial charge in [0.2, 0.25) is 0 Å². The van der Waals surface area contributed by atoms with Crippen molar-refractivity contribution >= 4 is 0 Å². The molecule has 19 heavy (non-hydrogen) atoms. The van der Waals surface area contributed by atoms with E-state index < -0.39 is 0 Å². The standard InChI is InChI=1S/C17H27FO/c18-17-13-11-16(12-14-17)10-8-6-4-2-1-3-5-7-9-15-19/h11-14,19H,1-10,15H2. The molecule has 1 aromatic rings. The Kier molecular flexibility index (Phi) is 9.34. The summed E-state index contributed by atoms with van der Waals surface area (Å²) >= 11 is 0. The van der Waals surface area contributed by atoms with E-state index in [0.29, 0.717) is 6.61 Å². The lowest BCUT2D eigenvalue weighted by atomic mass is 10.0. The molecule has 0 aromatic heterocycles. The molecule has 0 atom stereocenters. The summed E-state index contributed by atoms with van der Waals surface area (Å²) in [6, 6.07) is 6.86. The Labute approximate surface area is 116 Å². The third-order valence-electron chi connectivity index (χ3n) is 3.54. The Morgan fingerprint density at radius 2 is 1.16 bits per heavy atom. The van der Waals surface area contributed by atoms with E-state index in [1.165, 1.54) is 56.9 Å². The van der Waals surface area contributed by atoms with Gasteiger partial charge >= 0.3 is 0 Å². The van der Waals surface area contributed by atoms with E-state index in [2.05, 4.69) is 0 Å². The smallest absolute Gasteiger partial charge is 0.123 e. The molecule has 0 unspecified atom stereocenters. The third kappa shape index (κ3) is 8.77. The molecule has 0 fully saturated rings. The summed E-state index contributed by atoms with van der Waals surface area (Å²) in [4.78, 5) is 0. The van der Waals surface area contributed by atoms with Crippen molar-refractivity contribution in [3.05, 3.63) is 35.6 Å². The van der Waals surface area contributed by atoms with E-state index >= 15 is 0 Å². The van der Waals surface area contributed by atoms with Gasteiger partial charge in [-0.1, -0.05) is 57.1 Å². The number of unbranched alkanes of at least 4 members (excludes halogenated alkanes) is 8. The molecule has 0 aliphatic rings. The molecule has 1 nitrogen and oxygen atoms in total. The lowest BCUT2D eigenvalue weighted by molar-refractivity contribution is 0.282.